The summed E-state index contributed by atoms with van der Waals surface area (Å²) in [4.78, 5) is 0. The van der Waals surface area contributed by atoms with E-state index in [0.717, 1.165) is 44.6 Å². The van der Waals surface area contributed by atoms with Crippen LogP contribution in [0.2, 0.25) is 0 Å². The smallest absolute Gasteiger partial charge is 0.122 e. The minimum atomic E-state index is 0.785. The molecule has 0 aliphatic heterocycles. The van der Waals surface area contributed by atoms with Crippen LogP contribution in [-0.4, -0.2) is 26.7 Å². The molecule has 3 N–H and O–H groups in total. The Morgan fingerprint density at radius 3 is 2.76 bits per heavy atom. The number of benzene rings is 1. The molecule has 3 heteroatoms. The molecule has 0 aliphatic rings. The molecule has 1 aromatic rings. The van der Waals surface area contributed by atoms with Gasteiger partial charge in [-0.25, -0.2) is 0 Å². The molecule has 0 atom stereocenters. The van der Waals surface area contributed by atoms with Crippen molar-refractivity contribution in [2.45, 2.75) is 26.2 Å². The average molecular weight is 236 g/mol. The molecule has 1 aromatic carbocycles. The van der Waals surface area contributed by atoms with Gasteiger partial charge in [0.05, 0.1) is 7.11 Å². The van der Waals surface area contributed by atoms with Crippen LogP contribution in [0.3, 0.4) is 0 Å². The van der Waals surface area contributed by atoms with Gasteiger partial charge in [-0.05, 0) is 57.5 Å². The van der Waals surface area contributed by atoms with Gasteiger partial charge in [0.15, 0.2) is 0 Å². The van der Waals surface area contributed by atoms with Crippen LogP contribution >= 0.6 is 0 Å². The molecular formula is C14H24N2O. The standard InChI is InChI=1S/C14H24N2O/c1-12-5-6-14(17-2)13(11-12)7-10-16-9-4-3-8-15/h5-6,11,16H,3-4,7-10,15H2,1-2H3. The van der Waals surface area contributed by atoms with E-state index in [9.17, 15) is 0 Å². The summed E-state index contributed by atoms with van der Waals surface area (Å²) in [5, 5.41) is 3.43. The maximum absolute atomic E-state index is 5.44. The molecule has 0 amide bonds. The summed E-state index contributed by atoms with van der Waals surface area (Å²) in [6.07, 6.45) is 3.26. The van der Waals surface area contributed by atoms with E-state index in [-0.39, 0.29) is 0 Å². The fourth-order valence-corrected chi connectivity index (χ4v) is 1.85. The van der Waals surface area contributed by atoms with Crippen molar-refractivity contribution < 1.29 is 4.74 Å². The van der Waals surface area contributed by atoms with E-state index in [0.29, 0.717) is 0 Å². The van der Waals surface area contributed by atoms with Crippen molar-refractivity contribution in [3.63, 3.8) is 0 Å². The van der Waals surface area contributed by atoms with Gasteiger partial charge in [0.25, 0.3) is 0 Å². The minimum Gasteiger partial charge on any atom is -0.496 e. The van der Waals surface area contributed by atoms with Crippen molar-refractivity contribution in [2.75, 3.05) is 26.7 Å². The Labute approximate surface area is 104 Å². The number of hydrogen-bond donors (Lipinski definition) is 2. The highest BCUT2D eigenvalue weighted by Crippen LogP contribution is 2.19. The number of unbranched alkanes of at least 4 members (excludes halogenated alkanes) is 1. The van der Waals surface area contributed by atoms with Crippen LogP contribution in [-0.2, 0) is 6.42 Å². The van der Waals surface area contributed by atoms with Gasteiger partial charge in [-0.1, -0.05) is 17.7 Å². The van der Waals surface area contributed by atoms with Crippen molar-refractivity contribution in [3.8, 4) is 5.75 Å². The zero-order chi connectivity index (χ0) is 12.5. The van der Waals surface area contributed by atoms with Gasteiger partial charge in [0.1, 0.15) is 5.75 Å². The van der Waals surface area contributed by atoms with Crippen LogP contribution in [0.15, 0.2) is 18.2 Å². The number of methoxy groups -OCH3 is 1. The van der Waals surface area contributed by atoms with Gasteiger partial charge in [0.2, 0.25) is 0 Å². The van der Waals surface area contributed by atoms with E-state index < -0.39 is 0 Å². The minimum absolute atomic E-state index is 0.785. The number of hydrogen-bond acceptors (Lipinski definition) is 3. The Bertz CT molecular complexity index is 326. The molecule has 0 aliphatic carbocycles. The molecule has 0 saturated carbocycles. The lowest BCUT2D eigenvalue weighted by Crippen LogP contribution is -2.19. The largest absolute Gasteiger partial charge is 0.496 e. The van der Waals surface area contributed by atoms with Gasteiger partial charge in [-0.2, -0.15) is 0 Å². The van der Waals surface area contributed by atoms with Crippen molar-refractivity contribution >= 4 is 0 Å². The molecule has 0 bridgehead atoms. The van der Waals surface area contributed by atoms with Crippen molar-refractivity contribution in [1.82, 2.24) is 5.32 Å². The number of ether oxygens (including phenoxy) is 1. The summed E-state index contributed by atoms with van der Waals surface area (Å²) in [7, 11) is 1.73. The zero-order valence-electron chi connectivity index (χ0n) is 11.0. The van der Waals surface area contributed by atoms with Crippen molar-refractivity contribution in [1.29, 1.82) is 0 Å². The molecule has 17 heavy (non-hydrogen) atoms. The topological polar surface area (TPSA) is 47.3 Å². The van der Waals surface area contributed by atoms with Crippen molar-refractivity contribution in [3.05, 3.63) is 29.3 Å². The first-order chi connectivity index (χ1) is 8.27. The lowest BCUT2D eigenvalue weighted by molar-refractivity contribution is 0.409. The third kappa shape index (κ3) is 5.20. The van der Waals surface area contributed by atoms with Gasteiger partial charge in [-0.15, -0.1) is 0 Å². The molecule has 3 nitrogen and oxygen atoms in total. The maximum atomic E-state index is 5.44. The zero-order valence-corrected chi connectivity index (χ0v) is 11.0. The number of aryl methyl sites for hydroxylation is 1. The monoisotopic (exact) mass is 236 g/mol. The molecule has 0 saturated heterocycles. The van der Waals surface area contributed by atoms with E-state index in [2.05, 4.69) is 24.4 Å². The highest BCUT2D eigenvalue weighted by molar-refractivity contribution is 5.37. The SMILES string of the molecule is COc1ccc(C)cc1CCNCCCCN. The Morgan fingerprint density at radius 1 is 1.24 bits per heavy atom. The summed E-state index contributed by atoms with van der Waals surface area (Å²) in [6, 6.07) is 6.32. The lowest BCUT2D eigenvalue weighted by atomic mass is 10.1. The summed E-state index contributed by atoms with van der Waals surface area (Å²) < 4.78 is 5.35. The third-order valence-corrected chi connectivity index (χ3v) is 2.81. The molecular weight excluding hydrogens is 212 g/mol. The molecule has 96 valence electrons. The fraction of sp³-hybridized carbons (Fsp3) is 0.571. The summed E-state index contributed by atoms with van der Waals surface area (Å²) in [6.45, 7) is 4.93. The van der Waals surface area contributed by atoms with Crippen LogP contribution in [0.1, 0.15) is 24.0 Å². The van der Waals surface area contributed by atoms with E-state index in [4.69, 9.17) is 10.5 Å². The first kappa shape index (κ1) is 14.0. The van der Waals surface area contributed by atoms with Crippen LogP contribution in [0.5, 0.6) is 5.75 Å². The Balaban J connectivity index is 2.32. The Hall–Kier alpha value is -1.06. The quantitative estimate of drug-likeness (QED) is 0.677. The maximum Gasteiger partial charge on any atom is 0.122 e. The highest BCUT2D eigenvalue weighted by atomic mass is 16.5. The molecule has 1 rings (SSSR count). The van der Waals surface area contributed by atoms with Gasteiger partial charge < -0.3 is 15.8 Å². The van der Waals surface area contributed by atoms with Gasteiger partial charge >= 0.3 is 0 Å². The molecule has 0 spiro atoms. The van der Waals surface area contributed by atoms with Gasteiger partial charge in [0, 0.05) is 0 Å². The second-order valence-corrected chi connectivity index (χ2v) is 4.31. The first-order valence-corrected chi connectivity index (χ1v) is 6.32. The molecule has 0 aromatic heterocycles. The predicted molar refractivity (Wildman–Crippen MR) is 72.6 cm³/mol. The fourth-order valence-electron chi connectivity index (χ4n) is 1.85. The molecule has 0 unspecified atom stereocenters. The van der Waals surface area contributed by atoms with Gasteiger partial charge in [-0.3, -0.25) is 0 Å². The number of nitrogens with two attached hydrogens (primary N) is 1. The van der Waals surface area contributed by atoms with E-state index in [1.54, 1.807) is 7.11 Å². The third-order valence-electron chi connectivity index (χ3n) is 2.81. The number of rotatable bonds is 8. The number of nitrogens with one attached hydrogen (secondary N) is 1. The van der Waals surface area contributed by atoms with E-state index in [1.807, 2.05) is 6.07 Å². The molecule has 0 radical (unpaired) electrons. The molecule has 0 fully saturated rings. The van der Waals surface area contributed by atoms with E-state index in [1.165, 1.54) is 11.1 Å². The second-order valence-electron chi connectivity index (χ2n) is 4.31. The Morgan fingerprint density at radius 2 is 2.06 bits per heavy atom. The van der Waals surface area contributed by atoms with E-state index >= 15 is 0 Å². The molecule has 0 heterocycles. The average Bonchev–Trinajstić information content (AvgIpc) is 2.34. The normalized spacial score (nSPS) is 10.5. The summed E-state index contributed by atoms with van der Waals surface area (Å²) in [5.41, 5.74) is 8.00. The second kappa shape index (κ2) is 8.09. The first-order valence-electron chi connectivity index (χ1n) is 6.32. The van der Waals surface area contributed by atoms with Crippen LogP contribution < -0.4 is 15.8 Å². The van der Waals surface area contributed by atoms with Crippen molar-refractivity contribution in [2.24, 2.45) is 5.73 Å². The summed E-state index contributed by atoms with van der Waals surface area (Å²) in [5.74, 6) is 0.986. The van der Waals surface area contributed by atoms with Crippen LogP contribution in [0.4, 0.5) is 0 Å². The lowest BCUT2D eigenvalue weighted by Gasteiger charge is -2.10. The van der Waals surface area contributed by atoms with Crippen LogP contribution in [0.25, 0.3) is 0 Å². The Kier molecular flexibility index (Phi) is 6.67. The van der Waals surface area contributed by atoms with Crippen LogP contribution in [0, 0.1) is 6.92 Å². The highest BCUT2D eigenvalue weighted by Gasteiger charge is 2.02. The summed E-state index contributed by atoms with van der Waals surface area (Å²) >= 11 is 0. The predicted octanol–water partition coefficient (Wildman–Crippen LogP) is 1.87.